The number of carbonyl (C=O) groups excluding carboxylic acids is 2. The molecule has 2 aliphatic rings. The smallest absolute Gasteiger partial charge is 0.233 e. The van der Waals surface area contributed by atoms with Gasteiger partial charge in [-0.25, -0.2) is 4.98 Å². The molecule has 1 aromatic heterocycles. The zero-order valence-corrected chi connectivity index (χ0v) is 10.5. The average Bonchev–Trinajstić information content (AvgIpc) is 2.66. The molecular formula is C12H12ClN3O2. The molecule has 1 fully saturated rings. The number of nitrogens with zero attached hydrogens (tertiary/aromatic N) is 3. The van der Waals surface area contributed by atoms with Gasteiger partial charge in [-0.05, 0) is 24.4 Å². The number of anilines is 1. The van der Waals surface area contributed by atoms with Crippen molar-refractivity contribution in [3.05, 3.63) is 17.0 Å². The minimum absolute atomic E-state index is 0.0286. The Balaban J connectivity index is 1.91. The van der Waals surface area contributed by atoms with Crippen molar-refractivity contribution in [2.75, 3.05) is 4.90 Å². The average molecular weight is 266 g/mol. The molecule has 0 saturated heterocycles. The van der Waals surface area contributed by atoms with E-state index in [2.05, 4.69) is 9.97 Å². The third-order valence-corrected chi connectivity index (χ3v) is 3.71. The van der Waals surface area contributed by atoms with E-state index in [1.807, 2.05) is 0 Å². The number of ketones is 1. The zero-order chi connectivity index (χ0) is 12.7. The Morgan fingerprint density at radius 2 is 2.00 bits per heavy atom. The Kier molecular flexibility index (Phi) is 2.78. The van der Waals surface area contributed by atoms with Crippen LogP contribution in [0.15, 0.2) is 6.20 Å². The van der Waals surface area contributed by atoms with Crippen molar-refractivity contribution in [3.8, 4) is 0 Å². The summed E-state index contributed by atoms with van der Waals surface area (Å²) in [7, 11) is 0. The van der Waals surface area contributed by atoms with Crippen LogP contribution in [0, 0.1) is 0 Å². The number of aromatic nitrogens is 2. The van der Waals surface area contributed by atoms with E-state index in [9.17, 15) is 9.59 Å². The molecule has 1 aliphatic carbocycles. The van der Waals surface area contributed by atoms with E-state index in [1.165, 1.54) is 0 Å². The first-order valence-corrected chi connectivity index (χ1v) is 6.38. The Hall–Kier alpha value is -1.49. The first-order chi connectivity index (χ1) is 8.65. The molecule has 3 rings (SSSR count). The molecule has 0 N–H and O–H groups in total. The van der Waals surface area contributed by atoms with Crippen molar-refractivity contribution in [3.63, 3.8) is 0 Å². The number of Topliss-reactive ketones (excluding diaryl/α,β-unsaturated/α-hetero) is 1. The van der Waals surface area contributed by atoms with Gasteiger partial charge in [0.25, 0.3) is 0 Å². The van der Waals surface area contributed by atoms with Crippen molar-refractivity contribution in [2.24, 2.45) is 0 Å². The van der Waals surface area contributed by atoms with Gasteiger partial charge in [0.2, 0.25) is 11.2 Å². The van der Waals surface area contributed by atoms with E-state index in [-0.39, 0.29) is 23.0 Å². The first kappa shape index (κ1) is 11.6. The lowest BCUT2D eigenvalue weighted by Gasteiger charge is -2.30. The lowest BCUT2D eigenvalue weighted by molar-refractivity contribution is -0.122. The highest BCUT2D eigenvalue weighted by Gasteiger charge is 2.36. The minimum Gasteiger partial charge on any atom is -0.300 e. The highest BCUT2D eigenvalue weighted by Crippen LogP contribution is 2.33. The summed E-state index contributed by atoms with van der Waals surface area (Å²) in [6.07, 6.45) is 4.45. The van der Waals surface area contributed by atoms with Gasteiger partial charge < -0.3 is 0 Å². The maximum atomic E-state index is 12.1. The van der Waals surface area contributed by atoms with Crippen LogP contribution in [0.3, 0.4) is 0 Å². The van der Waals surface area contributed by atoms with Gasteiger partial charge in [-0.2, -0.15) is 4.98 Å². The van der Waals surface area contributed by atoms with Crippen molar-refractivity contribution >= 4 is 29.1 Å². The van der Waals surface area contributed by atoms with Crippen LogP contribution in [-0.4, -0.2) is 27.7 Å². The number of amides is 1. The van der Waals surface area contributed by atoms with Crippen molar-refractivity contribution in [2.45, 2.75) is 38.1 Å². The Bertz CT molecular complexity index is 522. The third-order valence-electron chi connectivity index (χ3n) is 3.53. The predicted octanol–water partition coefficient (Wildman–Crippen LogP) is 1.53. The standard InChI is InChI=1S/C12H12ClN3O2/c13-12-14-6-7-5-10(18)16(11(7)15-12)8-1-3-9(17)4-2-8/h6,8H,1-5H2. The van der Waals surface area contributed by atoms with Crippen LogP contribution >= 0.6 is 11.6 Å². The largest absolute Gasteiger partial charge is 0.300 e. The van der Waals surface area contributed by atoms with Crippen LogP contribution in [-0.2, 0) is 16.0 Å². The fourth-order valence-electron chi connectivity index (χ4n) is 2.64. The van der Waals surface area contributed by atoms with Crippen LogP contribution in [0.4, 0.5) is 5.82 Å². The van der Waals surface area contributed by atoms with Gasteiger partial charge in [0.05, 0.1) is 6.42 Å². The zero-order valence-electron chi connectivity index (χ0n) is 9.73. The molecular weight excluding hydrogens is 254 g/mol. The van der Waals surface area contributed by atoms with E-state index in [0.717, 1.165) is 5.56 Å². The van der Waals surface area contributed by atoms with Crippen LogP contribution < -0.4 is 4.90 Å². The second-order valence-electron chi connectivity index (χ2n) is 4.70. The summed E-state index contributed by atoms with van der Waals surface area (Å²) in [5.41, 5.74) is 0.821. The second kappa shape index (κ2) is 4.31. The van der Waals surface area contributed by atoms with E-state index in [0.29, 0.717) is 37.9 Å². The van der Waals surface area contributed by atoms with Gasteiger partial charge in [-0.1, -0.05) is 0 Å². The highest BCUT2D eigenvalue weighted by molar-refractivity contribution is 6.28. The van der Waals surface area contributed by atoms with E-state index < -0.39 is 0 Å². The third kappa shape index (κ3) is 1.88. The summed E-state index contributed by atoms with van der Waals surface area (Å²) < 4.78 is 0. The molecule has 0 aromatic carbocycles. The predicted molar refractivity (Wildman–Crippen MR) is 65.5 cm³/mol. The SMILES string of the molecule is O=C1CCC(N2C(=O)Cc3cnc(Cl)nc32)CC1. The van der Waals surface area contributed by atoms with Gasteiger partial charge in [0.15, 0.2) is 0 Å². The molecule has 18 heavy (non-hydrogen) atoms. The normalized spacial score (nSPS) is 20.4. The number of hydrogen-bond donors (Lipinski definition) is 0. The maximum absolute atomic E-state index is 12.1. The van der Waals surface area contributed by atoms with Crippen LogP contribution in [0.5, 0.6) is 0 Å². The maximum Gasteiger partial charge on any atom is 0.233 e. The Morgan fingerprint density at radius 1 is 1.28 bits per heavy atom. The number of carbonyl (C=O) groups is 2. The van der Waals surface area contributed by atoms with Gasteiger partial charge in [-0.15, -0.1) is 0 Å². The molecule has 0 atom stereocenters. The summed E-state index contributed by atoms with van der Waals surface area (Å²) in [6, 6.07) is 0.0717. The van der Waals surface area contributed by atoms with Gasteiger partial charge in [-0.3, -0.25) is 14.5 Å². The number of rotatable bonds is 1. The highest BCUT2D eigenvalue weighted by atomic mass is 35.5. The number of hydrogen-bond acceptors (Lipinski definition) is 4. The van der Waals surface area contributed by atoms with Crippen molar-refractivity contribution in [1.82, 2.24) is 9.97 Å². The molecule has 1 aromatic rings. The first-order valence-electron chi connectivity index (χ1n) is 6.00. The van der Waals surface area contributed by atoms with Crippen molar-refractivity contribution in [1.29, 1.82) is 0 Å². The molecule has 0 bridgehead atoms. The fourth-order valence-corrected chi connectivity index (χ4v) is 2.76. The molecule has 5 nitrogen and oxygen atoms in total. The van der Waals surface area contributed by atoms with Crippen molar-refractivity contribution < 1.29 is 9.59 Å². The quantitative estimate of drug-likeness (QED) is 0.723. The van der Waals surface area contributed by atoms with Crippen LogP contribution in [0.1, 0.15) is 31.2 Å². The molecule has 2 heterocycles. The van der Waals surface area contributed by atoms with E-state index >= 15 is 0 Å². The summed E-state index contributed by atoms with van der Waals surface area (Å²) in [6.45, 7) is 0. The molecule has 94 valence electrons. The van der Waals surface area contributed by atoms with Crippen LogP contribution in [0.25, 0.3) is 0 Å². The van der Waals surface area contributed by atoms with Gasteiger partial charge in [0.1, 0.15) is 11.6 Å². The lowest BCUT2D eigenvalue weighted by atomic mass is 9.93. The summed E-state index contributed by atoms with van der Waals surface area (Å²) in [5.74, 6) is 0.930. The monoisotopic (exact) mass is 265 g/mol. The molecule has 0 unspecified atom stereocenters. The minimum atomic E-state index is 0.0286. The molecule has 0 spiro atoms. The number of fused-ring (bicyclic) bond motifs is 1. The summed E-state index contributed by atoms with van der Waals surface area (Å²) >= 11 is 5.78. The Morgan fingerprint density at radius 3 is 2.72 bits per heavy atom. The van der Waals surface area contributed by atoms with E-state index in [1.54, 1.807) is 11.1 Å². The fraction of sp³-hybridized carbons (Fsp3) is 0.500. The summed E-state index contributed by atoms with van der Waals surface area (Å²) in [4.78, 5) is 33.1. The second-order valence-corrected chi connectivity index (χ2v) is 5.04. The topological polar surface area (TPSA) is 63.2 Å². The molecule has 1 saturated carbocycles. The Labute approximate surface area is 109 Å². The van der Waals surface area contributed by atoms with Gasteiger partial charge >= 0.3 is 0 Å². The summed E-state index contributed by atoms with van der Waals surface area (Å²) in [5, 5.41) is 0.153. The molecule has 1 amide bonds. The number of halogens is 1. The molecule has 0 radical (unpaired) electrons. The van der Waals surface area contributed by atoms with Crippen LogP contribution in [0.2, 0.25) is 5.28 Å². The molecule has 6 heteroatoms. The molecule has 1 aliphatic heterocycles. The lowest BCUT2D eigenvalue weighted by Crippen LogP contribution is -2.40. The van der Waals surface area contributed by atoms with E-state index in [4.69, 9.17) is 11.6 Å². The van der Waals surface area contributed by atoms with Gasteiger partial charge in [0, 0.05) is 30.6 Å².